The molecule has 2 heterocycles. The standard InChI is InChI=1S/C18H30N4O/c1-15-9-11-22(20-15)14-18(23)19-17-8-5-10-21(13-17)12-16-6-3-2-4-7-16/h9,11,16-17H,2-8,10,12-14H2,1H3,(H,19,23). The monoisotopic (exact) mass is 318 g/mol. The summed E-state index contributed by atoms with van der Waals surface area (Å²) in [6.07, 6.45) is 11.2. The van der Waals surface area contributed by atoms with E-state index in [0.717, 1.165) is 24.6 Å². The molecular weight excluding hydrogens is 288 g/mol. The summed E-state index contributed by atoms with van der Waals surface area (Å²) in [7, 11) is 0. The molecule has 1 saturated heterocycles. The maximum atomic E-state index is 12.2. The molecule has 2 aliphatic rings. The van der Waals surface area contributed by atoms with E-state index < -0.39 is 0 Å². The van der Waals surface area contributed by atoms with Crippen molar-refractivity contribution in [2.75, 3.05) is 19.6 Å². The number of likely N-dealkylation sites (tertiary alicyclic amines) is 1. The largest absolute Gasteiger partial charge is 0.350 e. The molecule has 1 aliphatic heterocycles. The van der Waals surface area contributed by atoms with Gasteiger partial charge in [-0.3, -0.25) is 9.48 Å². The van der Waals surface area contributed by atoms with Crippen LogP contribution in [0.1, 0.15) is 50.6 Å². The summed E-state index contributed by atoms with van der Waals surface area (Å²) in [6.45, 7) is 5.71. The van der Waals surface area contributed by atoms with Crippen LogP contribution in [0, 0.1) is 12.8 Å². The molecule has 0 radical (unpaired) electrons. The molecule has 1 saturated carbocycles. The second-order valence-electron chi connectivity index (χ2n) is 7.32. The molecule has 1 unspecified atom stereocenters. The third-order valence-electron chi connectivity index (χ3n) is 5.19. The van der Waals surface area contributed by atoms with Gasteiger partial charge in [-0.25, -0.2) is 0 Å². The highest BCUT2D eigenvalue weighted by atomic mass is 16.2. The maximum Gasteiger partial charge on any atom is 0.241 e. The average molecular weight is 318 g/mol. The number of carbonyl (C=O) groups excluding carboxylic acids is 1. The summed E-state index contributed by atoms with van der Waals surface area (Å²) in [5.41, 5.74) is 0.953. The Hall–Kier alpha value is -1.36. The average Bonchev–Trinajstić information content (AvgIpc) is 2.93. The third-order valence-corrected chi connectivity index (χ3v) is 5.19. The minimum Gasteiger partial charge on any atom is -0.350 e. The van der Waals surface area contributed by atoms with Gasteiger partial charge in [-0.05, 0) is 51.1 Å². The van der Waals surface area contributed by atoms with Crippen molar-refractivity contribution in [3.05, 3.63) is 18.0 Å². The Morgan fingerprint density at radius 3 is 2.83 bits per heavy atom. The fourth-order valence-electron chi connectivity index (χ4n) is 4.05. The highest BCUT2D eigenvalue weighted by Gasteiger charge is 2.24. The summed E-state index contributed by atoms with van der Waals surface area (Å²) >= 11 is 0. The number of aryl methyl sites for hydroxylation is 1. The van der Waals surface area contributed by atoms with E-state index in [-0.39, 0.29) is 5.91 Å². The van der Waals surface area contributed by atoms with Crippen LogP contribution in [-0.2, 0) is 11.3 Å². The van der Waals surface area contributed by atoms with Crippen LogP contribution >= 0.6 is 0 Å². The highest BCUT2D eigenvalue weighted by molar-refractivity contribution is 5.76. The fraction of sp³-hybridized carbons (Fsp3) is 0.778. The molecule has 0 aromatic carbocycles. The van der Waals surface area contributed by atoms with Crippen LogP contribution in [0.3, 0.4) is 0 Å². The molecule has 1 aliphatic carbocycles. The van der Waals surface area contributed by atoms with Crippen LogP contribution < -0.4 is 5.32 Å². The van der Waals surface area contributed by atoms with Gasteiger partial charge in [0.25, 0.3) is 0 Å². The molecule has 2 fully saturated rings. The first-order valence-electron chi connectivity index (χ1n) is 9.21. The minimum atomic E-state index is 0.0811. The van der Waals surface area contributed by atoms with Gasteiger partial charge in [0.1, 0.15) is 6.54 Å². The summed E-state index contributed by atoms with van der Waals surface area (Å²) in [5.74, 6) is 0.961. The highest BCUT2D eigenvalue weighted by Crippen LogP contribution is 2.25. The fourth-order valence-corrected chi connectivity index (χ4v) is 4.05. The van der Waals surface area contributed by atoms with Gasteiger partial charge in [0.15, 0.2) is 0 Å². The molecule has 5 heteroatoms. The molecule has 3 rings (SSSR count). The number of nitrogens with one attached hydrogen (secondary N) is 1. The van der Waals surface area contributed by atoms with E-state index in [2.05, 4.69) is 15.3 Å². The lowest BCUT2D eigenvalue weighted by atomic mass is 9.88. The molecular formula is C18H30N4O. The van der Waals surface area contributed by atoms with E-state index in [9.17, 15) is 4.79 Å². The van der Waals surface area contributed by atoms with E-state index in [0.29, 0.717) is 12.6 Å². The Kier molecular flexibility index (Phi) is 5.70. The number of rotatable bonds is 5. The number of aromatic nitrogens is 2. The lowest BCUT2D eigenvalue weighted by molar-refractivity contribution is -0.122. The quantitative estimate of drug-likeness (QED) is 0.906. The van der Waals surface area contributed by atoms with Crippen LogP contribution in [0.15, 0.2) is 12.3 Å². The number of amides is 1. The van der Waals surface area contributed by atoms with Crippen molar-refractivity contribution in [3.63, 3.8) is 0 Å². The van der Waals surface area contributed by atoms with Crippen LogP contribution in [0.4, 0.5) is 0 Å². The first-order chi connectivity index (χ1) is 11.2. The number of hydrogen-bond donors (Lipinski definition) is 1. The first-order valence-corrected chi connectivity index (χ1v) is 9.21. The normalized spacial score (nSPS) is 23.8. The molecule has 5 nitrogen and oxygen atoms in total. The number of piperidine rings is 1. The van der Waals surface area contributed by atoms with Crippen LogP contribution in [0.5, 0.6) is 0 Å². The van der Waals surface area contributed by atoms with Crippen molar-refractivity contribution in [1.82, 2.24) is 20.0 Å². The van der Waals surface area contributed by atoms with Crippen molar-refractivity contribution in [2.45, 2.75) is 64.5 Å². The summed E-state index contributed by atoms with van der Waals surface area (Å²) in [6, 6.07) is 2.23. The van der Waals surface area contributed by atoms with Gasteiger partial charge in [-0.2, -0.15) is 5.10 Å². The number of nitrogens with zero attached hydrogens (tertiary/aromatic N) is 3. The Labute approximate surface area is 139 Å². The summed E-state index contributed by atoms with van der Waals surface area (Å²) in [5, 5.41) is 7.48. The zero-order valence-corrected chi connectivity index (χ0v) is 14.3. The van der Waals surface area contributed by atoms with Gasteiger partial charge in [-0.15, -0.1) is 0 Å². The van der Waals surface area contributed by atoms with E-state index in [1.54, 1.807) is 4.68 Å². The molecule has 1 amide bonds. The smallest absolute Gasteiger partial charge is 0.241 e. The van der Waals surface area contributed by atoms with Crippen molar-refractivity contribution < 1.29 is 4.79 Å². The Bertz CT molecular complexity index is 507. The topological polar surface area (TPSA) is 50.2 Å². The summed E-state index contributed by atoms with van der Waals surface area (Å²) < 4.78 is 1.72. The van der Waals surface area contributed by atoms with E-state index >= 15 is 0 Å². The first kappa shape index (κ1) is 16.5. The zero-order chi connectivity index (χ0) is 16.1. The van der Waals surface area contributed by atoms with Crippen molar-refractivity contribution in [3.8, 4) is 0 Å². The SMILES string of the molecule is Cc1ccn(CC(=O)NC2CCCN(CC3CCCCC3)C2)n1. The summed E-state index contributed by atoms with van der Waals surface area (Å²) in [4.78, 5) is 14.8. The van der Waals surface area contributed by atoms with Gasteiger partial charge in [0, 0.05) is 25.3 Å². The van der Waals surface area contributed by atoms with Crippen molar-refractivity contribution >= 4 is 5.91 Å². The second-order valence-corrected chi connectivity index (χ2v) is 7.32. The molecule has 1 atom stereocenters. The Balaban J connectivity index is 1.43. The van der Waals surface area contributed by atoms with Gasteiger partial charge in [0.05, 0.1) is 5.69 Å². The van der Waals surface area contributed by atoms with Crippen LogP contribution in [-0.4, -0.2) is 46.3 Å². The van der Waals surface area contributed by atoms with Gasteiger partial charge in [0.2, 0.25) is 5.91 Å². The van der Waals surface area contributed by atoms with Crippen molar-refractivity contribution in [1.29, 1.82) is 0 Å². The molecule has 1 aromatic rings. The molecule has 128 valence electrons. The van der Waals surface area contributed by atoms with E-state index in [4.69, 9.17) is 0 Å². The number of carbonyl (C=O) groups is 1. The predicted molar refractivity (Wildman–Crippen MR) is 91.1 cm³/mol. The van der Waals surface area contributed by atoms with Gasteiger partial charge >= 0.3 is 0 Å². The van der Waals surface area contributed by atoms with Crippen LogP contribution in [0.2, 0.25) is 0 Å². The van der Waals surface area contributed by atoms with Crippen LogP contribution in [0.25, 0.3) is 0 Å². The lowest BCUT2D eigenvalue weighted by Crippen LogP contribution is -2.49. The second kappa shape index (κ2) is 7.95. The maximum absolute atomic E-state index is 12.2. The lowest BCUT2D eigenvalue weighted by Gasteiger charge is -2.36. The Morgan fingerprint density at radius 1 is 1.26 bits per heavy atom. The van der Waals surface area contributed by atoms with E-state index in [1.807, 2.05) is 19.2 Å². The number of hydrogen-bond acceptors (Lipinski definition) is 3. The molecule has 0 spiro atoms. The van der Waals surface area contributed by atoms with Crippen molar-refractivity contribution in [2.24, 2.45) is 5.92 Å². The molecule has 0 bridgehead atoms. The molecule has 23 heavy (non-hydrogen) atoms. The predicted octanol–water partition coefficient (Wildman–Crippen LogP) is 2.35. The van der Waals surface area contributed by atoms with Gasteiger partial charge in [-0.1, -0.05) is 19.3 Å². The molecule has 1 N–H and O–H groups in total. The minimum absolute atomic E-state index is 0.0811. The Morgan fingerprint density at radius 2 is 2.09 bits per heavy atom. The molecule has 1 aromatic heterocycles. The zero-order valence-electron chi connectivity index (χ0n) is 14.3. The third kappa shape index (κ3) is 5.06. The van der Waals surface area contributed by atoms with Gasteiger partial charge < -0.3 is 10.2 Å². The van der Waals surface area contributed by atoms with E-state index in [1.165, 1.54) is 51.6 Å².